The lowest BCUT2D eigenvalue weighted by atomic mass is 10.5. The zero-order chi connectivity index (χ0) is 13.3. The van der Waals surface area contributed by atoms with Crippen molar-refractivity contribution in [2.75, 3.05) is 34.0 Å². The standard InChI is InChI=1S/C8H18O4Si.C2H8OSi/c1-7(11-5-8-6-12-8)13(4,9-2)10-3;1-2-3-4/h7-8H,5-6H2,1-4H3;2H2,1,4H3. The average molecular weight is 282 g/mol. The molecule has 1 rings (SSSR count). The van der Waals surface area contributed by atoms with Crippen molar-refractivity contribution >= 4 is 19.0 Å². The van der Waals surface area contributed by atoms with Crippen LogP contribution >= 0.6 is 0 Å². The number of hydrogen-bond donors (Lipinski definition) is 0. The number of rotatable bonds is 7. The summed E-state index contributed by atoms with van der Waals surface area (Å²) >= 11 is 0. The molecule has 0 N–H and O–H groups in total. The molecule has 0 aliphatic carbocycles. The van der Waals surface area contributed by atoms with Gasteiger partial charge in [0, 0.05) is 20.8 Å². The van der Waals surface area contributed by atoms with Gasteiger partial charge in [-0.25, -0.2) is 0 Å². The molecule has 2 atom stereocenters. The van der Waals surface area contributed by atoms with E-state index in [1.54, 1.807) is 14.2 Å². The number of epoxide rings is 1. The fraction of sp³-hybridized carbons (Fsp3) is 1.00. The van der Waals surface area contributed by atoms with Gasteiger partial charge in [0.25, 0.3) is 0 Å². The second-order valence-corrected chi connectivity index (χ2v) is 8.17. The average Bonchev–Trinajstić information content (AvgIpc) is 3.19. The molecule has 7 heteroatoms. The molecular formula is C10H26O5Si2. The van der Waals surface area contributed by atoms with Crippen LogP contribution in [-0.4, -0.2) is 64.9 Å². The highest BCUT2D eigenvalue weighted by molar-refractivity contribution is 6.67. The van der Waals surface area contributed by atoms with Crippen LogP contribution in [0.1, 0.15) is 13.8 Å². The van der Waals surface area contributed by atoms with E-state index in [4.69, 9.17) is 18.3 Å². The van der Waals surface area contributed by atoms with Crippen molar-refractivity contribution in [2.45, 2.75) is 32.2 Å². The van der Waals surface area contributed by atoms with Crippen LogP contribution < -0.4 is 0 Å². The van der Waals surface area contributed by atoms with Gasteiger partial charge in [-0.05, 0) is 20.4 Å². The topological polar surface area (TPSA) is 49.5 Å². The molecule has 0 radical (unpaired) electrons. The summed E-state index contributed by atoms with van der Waals surface area (Å²) in [6, 6.07) is 0. The molecule has 17 heavy (non-hydrogen) atoms. The third-order valence-electron chi connectivity index (χ3n) is 2.77. The molecule has 1 saturated heterocycles. The summed E-state index contributed by atoms with van der Waals surface area (Å²) in [5.41, 5.74) is 0.0340. The van der Waals surface area contributed by atoms with Gasteiger partial charge >= 0.3 is 8.56 Å². The lowest BCUT2D eigenvalue weighted by molar-refractivity contribution is 0.0605. The highest BCUT2D eigenvalue weighted by Gasteiger charge is 2.38. The van der Waals surface area contributed by atoms with Crippen molar-refractivity contribution in [3.8, 4) is 0 Å². The Bertz CT molecular complexity index is 184. The smallest absolute Gasteiger partial charge is 0.364 e. The minimum atomic E-state index is -2.12. The Hall–Kier alpha value is 0.234. The SMILES string of the molecule is CCO[SiH3].CO[Si](C)(OC)C(C)OCC1CO1. The molecule has 104 valence electrons. The van der Waals surface area contributed by atoms with Crippen molar-refractivity contribution in [1.82, 2.24) is 0 Å². The van der Waals surface area contributed by atoms with Gasteiger partial charge in [0.05, 0.1) is 18.9 Å². The lowest BCUT2D eigenvalue weighted by Gasteiger charge is -2.28. The maximum Gasteiger partial charge on any atom is 0.364 e. The minimum absolute atomic E-state index is 0.0340. The Labute approximate surface area is 109 Å². The molecule has 1 heterocycles. The second-order valence-electron chi connectivity index (χ2n) is 3.93. The first-order valence-corrected chi connectivity index (χ1v) is 9.07. The largest absolute Gasteiger partial charge is 0.428 e. The van der Waals surface area contributed by atoms with Gasteiger partial charge in [-0.1, -0.05) is 0 Å². The van der Waals surface area contributed by atoms with E-state index in [-0.39, 0.29) is 5.73 Å². The monoisotopic (exact) mass is 282 g/mol. The molecular weight excluding hydrogens is 256 g/mol. The Morgan fingerprint density at radius 2 is 1.88 bits per heavy atom. The summed E-state index contributed by atoms with van der Waals surface area (Å²) in [6.45, 7) is 8.33. The Morgan fingerprint density at radius 1 is 1.41 bits per heavy atom. The van der Waals surface area contributed by atoms with E-state index < -0.39 is 8.56 Å². The molecule has 0 saturated carbocycles. The fourth-order valence-electron chi connectivity index (χ4n) is 0.983. The van der Waals surface area contributed by atoms with Crippen LogP contribution in [0.3, 0.4) is 0 Å². The van der Waals surface area contributed by atoms with Gasteiger partial charge in [-0.3, -0.25) is 0 Å². The van der Waals surface area contributed by atoms with Crippen molar-refractivity contribution < 1.29 is 22.8 Å². The number of hydrogen-bond acceptors (Lipinski definition) is 5. The van der Waals surface area contributed by atoms with Crippen molar-refractivity contribution in [3.63, 3.8) is 0 Å². The summed E-state index contributed by atoms with van der Waals surface area (Å²) in [4.78, 5) is 0. The van der Waals surface area contributed by atoms with Crippen LogP contribution in [0.5, 0.6) is 0 Å². The van der Waals surface area contributed by atoms with Crippen LogP contribution in [0.25, 0.3) is 0 Å². The molecule has 1 aliphatic heterocycles. The summed E-state index contributed by atoms with van der Waals surface area (Å²) in [6.07, 6.45) is 0.300. The molecule has 0 aromatic carbocycles. The molecule has 0 bridgehead atoms. The van der Waals surface area contributed by atoms with Gasteiger partial charge in [0.1, 0.15) is 16.6 Å². The maximum atomic E-state index is 5.60. The molecule has 0 aromatic rings. The third-order valence-corrected chi connectivity index (χ3v) is 6.61. The highest BCUT2D eigenvalue weighted by Crippen LogP contribution is 2.16. The quantitative estimate of drug-likeness (QED) is 0.486. The summed E-state index contributed by atoms with van der Waals surface area (Å²) in [5.74, 6) is 0. The van der Waals surface area contributed by atoms with Crippen LogP contribution in [0, 0.1) is 0 Å². The zero-order valence-electron chi connectivity index (χ0n) is 11.8. The molecule has 5 nitrogen and oxygen atoms in total. The van der Waals surface area contributed by atoms with Gasteiger partial charge in [0.2, 0.25) is 0 Å². The van der Waals surface area contributed by atoms with Crippen molar-refractivity contribution in [3.05, 3.63) is 0 Å². The molecule has 0 spiro atoms. The van der Waals surface area contributed by atoms with Gasteiger partial charge in [0.15, 0.2) is 0 Å². The van der Waals surface area contributed by atoms with Crippen molar-refractivity contribution in [1.29, 1.82) is 0 Å². The van der Waals surface area contributed by atoms with Gasteiger partial charge in [-0.15, -0.1) is 0 Å². The van der Waals surface area contributed by atoms with Gasteiger partial charge in [-0.2, -0.15) is 0 Å². The van der Waals surface area contributed by atoms with E-state index in [1.807, 2.05) is 20.4 Å². The zero-order valence-corrected chi connectivity index (χ0v) is 14.8. The van der Waals surface area contributed by atoms with E-state index in [9.17, 15) is 0 Å². The summed E-state index contributed by atoms with van der Waals surface area (Å²) in [7, 11) is 2.11. The van der Waals surface area contributed by atoms with Crippen LogP contribution in [0.2, 0.25) is 6.55 Å². The third kappa shape index (κ3) is 7.29. The van der Waals surface area contributed by atoms with Crippen molar-refractivity contribution in [2.24, 2.45) is 0 Å². The van der Waals surface area contributed by atoms with Crippen LogP contribution in [-0.2, 0) is 22.8 Å². The van der Waals surface area contributed by atoms with E-state index in [1.165, 1.54) is 0 Å². The Kier molecular flexibility index (Phi) is 9.33. The minimum Gasteiger partial charge on any atom is -0.428 e. The van der Waals surface area contributed by atoms with Crippen LogP contribution in [0.4, 0.5) is 0 Å². The summed E-state index contributed by atoms with van der Waals surface area (Å²) < 4.78 is 26.0. The second kappa shape index (κ2) is 9.20. The molecule has 1 aliphatic rings. The molecule has 1 fully saturated rings. The lowest BCUT2D eigenvalue weighted by Crippen LogP contribution is -2.49. The molecule has 0 amide bonds. The Balaban J connectivity index is 0.000000557. The van der Waals surface area contributed by atoms with Gasteiger partial charge < -0.3 is 22.8 Å². The molecule has 2 unspecified atom stereocenters. The first-order chi connectivity index (χ1) is 8.03. The normalized spacial score (nSPS) is 20.6. The first kappa shape index (κ1) is 17.2. The van der Waals surface area contributed by atoms with E-state index in [0.29, 0.717) is 12.7 Å². The molecule has 0 aromatic heterocycles. The number of ether oxygens (including phenoxy) is 2. The van der Waals surface area contributed by atoms with E-state index in [2.05, 4.69) is 4.43 Å². The van der Waals surface area contributed by atoms with E-state index >= 15 is 0 Å². The van der Waals surface area contributed by atoms with E-state index in [0.717, 1.165) is 23.7 Å². The first-order valence-electron chi connectivity index (χ1n) is 5.86. The Morgan fingerprint density at radius 3 is 2.18 bits per heavy atom. The predicted molar refractivity (Wildman–Crippen MR) is 72.4 cm³/mol. The predicted octanol–water partition coefficient (Wildman–Crippen LogP) is -0.00240. The highest BCUT2D eigenvalue weighted by atomic mass is 28.4. The summed E-state index contributed by atoms with van der Waals surface area (Å²) in [5, 5.41) is 0. The fourth-order valence-corrected chi connectivity index (χ4v) is 2.21. The van der Waals surface area contributed by atoms with Crippen LogP contribution in [0.15, 0.2) is 0 Å². The maximum absolute atomic E-state index is 5.60.